The highest BCUT2D eigenvalue weighted by molar-refractivity contribution is 8.01. The zero-order valence-corrected chi connectivity index (χ0v) is 19.3. The third kappa shape index (κ3) is 4.62. The molecule has 2 amide bonds. The summed E-state index contributed by atoms with van der Waals surface area (Å²) in [6, 6.07) is 0.496. The number of carboxylic acids is 1. The van der Waals surface area contributed by atoms with Gasteiger partial charge in [0.05, 0.1) is 0 Å². The van der Waals surface area contributed by atoms with E-state index < -0.39 is 29.2 Å². The molecular weight excluding hydrogens is 492 g/mol. The van der Waals surface area contributed by atoms with Crippen molar-refractivity contribution < 1.29 is 24.3 Å². The molecule has 2 aromatic rings. The minimum Gasteiger partial charge on any atom is -0.477 e. The number of nitrogens with zero attached hydrogens (tertiary/aromatic N) is 6. The Hall–Kier alpha value is -3.24. The molecule has 0 saturated carbocycles. The molecule has 1 unspecified atom stereocenters. The second-order valence-electron chi connectivity index (χ2n) is 6.54. The monoisotopic (exact) mass is 508 g/mol. The molecule has 172 valence electrons. The van der Waals surface area contributed by atoms with Gasteiger partial charge in [-0.1, -0.05) is 28.3 Å². The number of carbonyl (C=O) groups excluding carboxylic acids is 2. The summed E-state index contributed by atoms with van der Waals surface area (Å²) in [6.07, 6.45) is 1.36. The van der Waals surface area contributed by atoms with E-state index in [4.69, 9.17) is 10.6 Å². The minimum absolute atomic E-state index is 0.0728. The predicted octanol–water partition coefficient (Wildman–Crippen LogP) is -0.208. The molecule has 0 aromatic carbocycles. The molecule has 2 aliphatic heterocycles. The van der Waals surface area contributed by atoms with Gasteiger partial charge in [0.25, 0.3) is 11.8 Å². The summed E-state index contributed by atoms with van der Waals surface area (Å²) >= 11 is 4.06. The topological polar surface area (TPSA) is 186 Å². The number of aromatic nitrogens is 4. The lowest BCUT2D eigenvalue weighted by molar-refractivity contribution is -0.150. The smallest absolute Gasteiger partial charge is 0.352 e. The Kier molecular flexibility index (Phi) is 6.75. The van der Waals surface area contributed by atoms with Crippen LogP contribution in [0.3, 0.4) is 0 Å². The molecule has 1 saturated heterocycles. The number of hydrogen-bond donors (Lipinski definition) is 3. The number of carboxylic acid groups (broad SMARTS) is 1. The van der Waals surface area contributed by atoms with E-state index in [2.05, 4.69) is 30.6 Å². The molecule has 16 heteroatoms. The first-order chi connectivity index (χ1) is 15.9. The van der Waals surface area contributed by atoms with Crippen LogP contribution in [0, 0.1) is 0 Å². The number of rotatable bonds is 8. The summed E-state index contributed by atoms with van der Waals surface area (Å²) in [6.45, 7) is 0. The summed E-state index contributed by atoms with van der Waals surface area (Å²) in [5, 5.41) is 23.1. The first-order valence-electron chi connectivity index (χ1n) is 9.20. The van der Waals surface area contributed by atoms with Crippen molar-refractivity contribution in [2.45, 2.75) is 15.8 Å². The van der Waals surface area contributed by atoms with Crippen molar-refractivity contribution in [2.75, 3.05) is 24.3 Å². The summed E-state index contributed by atoms with van der Waals surface area (Å²) in [7, 11) is 1.25. The summed E-state index contributed by atoms with van der Waals surface area (Å²) in [5.41, 5.74) is 7.48. The third-order valence-electron chi connectivity index (χ3n) is 4.53. The van der Waals surface area contributed by atoms with E-state index in [1.54, 1.807) is 5.51 Å². The van der Waals surface area contributed by atoms with Crippen molar-refractivity contribution >= 4 is 64.2 Å². The second-order valence-corrected chi connectivity index (χ2v) is 9.70. The molecule has 2 atom stereocenters. The Morgan fingerprint density at radius 3 is 2.97 bits per heavy atom. The molecule has 2 aliphatic rings. The Labute approximate surface area is 198 Å². The number of nitrogen functional groups attached to an aromatic ring is 1. The van der Waals surface area contributed by atoms with Crippen LogP contribution in [-0.2, 0) is 19.2 Å². The van der Waals surface area contributed by atoms with Crippen LogP contribution >= 0.6 is 34.9 Å². The molecule has 4 heterocycles. The highest BCUT2D eigenvalue weighted by Crippen LogP contribution is 2.41. The highest BCUT2D eigenvalue weighted by Gasteiger charge is 2.54. The lowest BCUT2D eigenvalue weighted by Crippen LogP contribution is -2.71. The number of amides is 2. The van der Waals surface area contributed by atoms with Gasteiger partial charge >= 0.3 is 5.97 Å². The van der Waals surface area contributed by atoms with Crippen molar-refractivity contribution in [3.05, 3.63) is 34.9 Å². The standard InChI is InChI=1S/C17H16N8O5S3/c1-30-24-9(12-19-3-2-8(18)21-12)13(26)22-10-14(27)25-11(16(28)29)7(4-31-15(10)25)5-32-17-23-20-6-33-17/h2-3,6,10,15H,4-5H2,1H3,(H,22,26)(H,28,29)(H2,18,19,21)/t10?,15-/m0/s1. The van der Waals surface area contributed by atoms with Crippen LogP contribution < -0.4 is 11.1 Å². The summed E-state index contributed by atoms with van der Waals surface area (Å²) in [4.78, 5) is 51.4. The van der Waals surface area contributed by atoms with Crippen molar-refractivity contribution in [1.29, 1.82) is 0 Å². The Morgan fingerprint density at radius 1 is 1.48 bits per heavy atom. The van der Waals surface area contributed by atoms with Crippen molar-refractivity contribution in [3.63, 3.8) is 0 Å². The largest absolute Gasteiger partial charge is 0.477 e. The number of hydrogen-bond acceptors (Lipinski definition) is 13. The van der Waals surface area contributed by atoms with Crippen LogP contribution in [-0.4, -0.2) is 83.7 Å². The zero-order chi connectivity index (χ0) is 23.5. The number of anilines is 1. The molecule has 33 heavy (non-hydrogen) atoms. The SMILES string of the molecule is CON=C(C(=O)NC1C(=O)N2C(C(=O)O)=C(CSc3nncs3)CS[C@@H]12)c1nccc(N)n1. The van der Waals surface area contributed by atoms with Gasteiger partial charge in [0.1, 0.15) is 35.6 Å². The number of oxime groups is 1. The van der Waals surface area contributed by atoms with Gasteiger partial charge < -0.3 is 21.0 Å². The number of thioether (sulfide) groups is 2. The third-order valence-corrected chi connectivity index (χ3v) is 7.82. The number of aliphatic carboxylic acids is 1. The molecule has 0 aliphatic carbocycles. The maximum Gasteiger partial charge on any atom is 0.352 e. The summed E-state index contributed by atoms with van der Waals surface area (Å²) < 4.78 is 0.702. The maximum absolute atomic E-state index is 12.8. The Bertz CT molecular complexity index is 1160. The van der Waals surface area contributed by atoms with Gasteiger partial charge in [-0.25, -0.2) is 14.8 Å². The number of β-lactam (4-membered cyclic amide) rings is 1. The van der Waals surface area contributed by atoms with Gasteiger partial charge in [0.2, 0.25) is 5.71 Å². The zero-order valence-electron chi connectivity index (χ0n) is 16.9. The van der Waals surface area contributed by atoms with Crippen LogP contribution in [0.1, 0.15) is 5.82 Å². The maximum atomic E-state index is 12.8. The summed E-state index contributed by atoms with van der Waals surface area (Å²) in [5.74, 6) is -1.71. The van der Waals surface area contributed by atoms with E-state index in [1.807, 2.05) is 0 Å². The fraction of sp³-hybridized carbons (Fsp3) is 0.294. The van der Waals surface area contributed by atoms with E-state index in [0.717, 1.165) is 0 Å². The van der Waals surface area contributed by atoms with Crippen molar-refractivity contribution in [1.82, 2.24) is 30.4 Å². The number of nitrogens with two attached hydrogens (primary N) is 1. The molecule has 0 spiro atoms. The van der Waals surface area contributed by atoms with Crippen LogP contribution in [0.5, 0.6) is 0 Å². The van der Waals surface area contributed by atoms with Gasteiger partial charge in [-0.2, -0.15) is 0 Å². The van der Waals surface area contributed by atoms with E-state index in [-0.39, 0.29) is 23.1 Å². The minimum atomic E-state index is -1.21. The van der Waals surface area contributed by atoms with Gasteiger partial charge in [-0.05, 0) is 11.6 Å². The van der Waals surface area contributed by atoms with Gasteiger partial charge in [-0.3, -0.25) is 14.5 Å². The van der Waals surface area contributed by atoms with E-state index >= 15 is 0 Å². The molecule has 0 radical (unpaired) electrons. The fourth-order valence-electron chi connectivity index (χ4n) is 3.14. The molecular formula is C17H16N8O5S3. The van der Waals surface area contributed by atoms with E-state index in [0.29, 0.717) is 21.4 Å². The van der Waals surface area contributed by atoms with Crippen LogP contribution in [0.25, 0.3) is 0 Å². The van der Waals surface area contributed by atoms with E-state index in [1.165, 1.54) is 59.1 Å². The number of nitrogens with one attached hydrogen (secondary N) is 1. The van der Waals surface area contributed by atoms with Gasteiger partial charge in [0, 0.05) is 17.7 Å². The number of carbonyl (C=O) groups is 3. The molecule has 4 rings (SSSR count). The van der Waals surface area contributed by atoms with E-state index in [9.17, 15) is 19.5 Å². The Morgan fingerprint density at radius 2 is 2.30 bits per heavy atom. The van der Waals surface area contributed by atoms with Crippen molar-refractivity contribution in [3.8, 4) is 0 Å². The molecule has 4 N–H and O–H groups in total. The van der Waals surface area contributed by atoms with Gasteiger partial charge in [0.15, 0.2) is 10.2 Å². The fourth-order valence-corrected chi connectivity index (χ4v) is 6.11. The lowest BCUT2D eigenvalue weighted by Gasteiger charge is -2.49. The van der Waals surface area contributed by atoms with Gasteiger partial charge in [-0.15, -0.1) is 22.0 Å². The number of fused-ring (bicyclic) bond motifs is 1. The van der Waals surface area contributed by atoms with Crippen LogP contribution in [0.2, 0.25) is 0 Å². The average Bonchev–Trinajstić information content (AvgIpc) is 3.32. The quantitative estimate of drug-likeness (QED) is 0.185. The van der Waals surface area contributed by atoms with Crippen LogP contribution in [0.15, 0.2) is 38.5 Å². The normalized spacial score (nSPS) is 20.2. The second kappa shape index (κ2) is 9.72. The molecule has 0 bridgehead atoms. The highest BCUT2D eigenvalue weighted by atomic mass is 32.2. The van der Waals surface area contributed by atoms with Crippen LogP contribution in [0.4, 0.5) is 5.82 Å². The van der Waals surface area contributed by atoms with Crippen molar-refractivity contribution in [2.24, 2.45) is 5.16 Å². The molecule has 1 fully saturated rings. The Balaban J connectivity index is 1.50. The molecule has 2 aromatic heterocycles. The molecule has 13 nitrogen and oxygen atoms in total. The first kappa shape index (κ1) is 22.9. The first-order valence-corrected chi connectivity index (χ1v) is 12.1. The lowest BCUT2D eigenvalue weighted by atomic mass is 10.0. The predicted molar refractivity (Wildman–Crippen MR) is 120 cm³/mol. The average molecular weight is 509 g/mol.